The molecule has 23 heavy (non-hydrogen) atoms. The van der Waals surface area contributed by atoms with Gasteiger partial charge in [0.25, 0.3) is 0 Å². The average Bonchev–Trinajstić information content (AvgIpc) is 2.58. The Kier molecular flexibility index (Phi) is 7.18. The fourth-order valence-electron chi connectivity index (χ4n) is 2.60. The van der Waals surface area contributed by atoms with Crippen LogP contribution in [0.25, 0.3) is 0 Å². The first kappa shape index (κ1) is 17.1. The number of nitrogens with two attached hydrogens (primary N) is 1. The highest BCUT2D eigenvalue weighted by Crippen LogP contribution is 2.12. The predicted octanol–water partition coefficient (Wildman–Crippen LogP) is 3.73. The van der Waals surface area contributed by atoms with Gasteiger partial charge < -0.3 is 11.1 Å². The third-order valence-electron chi connectivity index (χ3n) is 3.98. The highest BCUT2D eigenvalue weighted by atomic mass is 16.1. The molecule has 3 nitrogen and oxygen atoms in total. The maximum atomic E-state index is 11.8. The normalized spacial score (nSPS) is 10.4. The van der Waals surface area contributed by atoms with Crippen molar-refractivity contribution in [3.63, 3.8) is 0 Å². The standard InChI is InChI=1S/C20H26N2O/c21-19-13-7-6-12-18(19)14-15-20(23)22-16-8-2-5-11-17-9-3-1-4-10-17/h1,3-4,6-7,9-10,12-13H,2,5,8,11,14-16,21H2,(H,22,23). The van der Waals surface area contributed by atoms with E-state index in [4.69, 9.17) is 5.73 Å². The maximum absolute atomic E-state index is 11.8. The van der Waals surface area contributed by atoms with Gasteiger partial charge in [0, 0.05) is 18.7 Å². The van der Waals surface area contributed by atoms with E-state index in [1.165, 1.54) is 12.0 Å². The molecule has 0 unspecified atom stereocenters. The van der Waals surface area contributed by atoms with Crippen LogP contribution in [-0.2, 0) is 17.6 Å². The molecule has 0 aliphatic rings. The molecule has 0 saturated carbocycles. The Morgan fingerprint density at radius 3 is 2.39 bits per heavy atom. The van der Waals surface area contributed by atoms with Gasteiger partial charge in [0.1, 0.15) is 0 Å². The zero-order valence-electron chi connectivity index (χ0n) is 13.6. The minimum atomic E-state index is 0.108. The molecule has 3 heteroatoms. The molecule has 0 fully saturated rings. The lowest BCUT2D eigenvalue weighted by atomic mass is 10.1. The zero-order chi connectivity index (χ0) is 16.3. The van der Waals surface area contributed by atoms with Gasteiger partial charge in [-0.3, -0.25) is 4.79 Å². The Morgan fingerprint density at radius 2 is 1.61 bits per heavy atom. The molecule has 1 amide bonds. The average molecular weight is 310 g/mol. The Hall–Kier alpha value is -2.29. The number of aryl methyl sites for hydroxylation is 2. The van der Waals surface area contributed by atoms with Crippen molar-refractivity contribution in [2.45, 2.75) is 38.5 Å². The van der Waals surface area contributed by atoms with Gasteiger partial charge in [-0.25, -0.2) is 0 Å². The summed E-state index contributed by atoms with van der Waals surface area (Å²) in [7, 11) is 0. The van der Waals surface area contributed by atoms with Gasteiger partial charge in [0.05, 0.1) is 0 Å². The van der Waals surface area contributed by atoms with Gasteiger partial charge in [-0.05, 0) is 42.9 Å². The molecule has 0 aliphatic carbocycles. The van der Waals surface area contributed by atoms with Crippen molar-refractivity contribution in [3.8, 4) is 0 Å². The molecular formula is C20H26N2O. The Bertz CT molecular complexity index is 596. The zero-order valence-corrected chi connectivity index (χ0v) is 13.6. The molecule has 0 aromatic heterocycles. The second-order valence-corrected chi connectivity index (χ2v) is 5.85. The van der Waals surface area contributed by atoms with Crippen LogP contribution in [-0.4, -0.2) is 12.5 Å². The molecule has 2 rings (SSSR count). The molecule has 2 aromatic carbocycles. The number of benzene rings is 2. The van der Waals surface area contributed by atoms with E-state index in [9.17, 15) is 4.79 Å². The van der Waals surface area contributed by atoms with Gasteiger partial charge in [0.2, 0.25) is 5.91 Å². The summed E-state index contributed by atoms with van der Waals surface area (Å²) in [5.41, 5.74) is 9.08. The molecule has 2 aromatic rings. The first-order valence-electron chi connectivity index (χ1n) is 8.40. The summed E-state index contributed by atoms with van der Waals surface area (Å²) < 4.78 is 0. The number of hydrogen-bond acceptors (Lipinski definition) is 2. The van der Waals surface area contributed by atoms with E-state index in [1.54, 1.807) is 0 Å². The van der Waals surface area contributed by atoms with E-state index in [0.29, 0.717) is 12.8 Å². The summed E-state index contributed by atoms with van der Waals surface area (Å²) in [6.07, 6.45) is 5.65. The van der Waals surface area contributed by atoms with Crippen LogP contribution in [0.15, 0.2) is 54.6 Å². The molecule has 0 spiro atoms. The Morgan fingerprint density at radius 1 is 0.870 bits per heavy atom. The molecule has 0 radical (unpaired) electrons. The van der Waals surface area contributed by atoms with E-state index in [0.717, 1.165) is 37.1 Å². The summed E-state index contributed by atoms with van der Waals surface area (Å²) >= 11 is 0. The fraction of sp³-hybridized carbons (Fsp3) is 0.350. The van der Waals surface area contributed by atoms with Crippen LogP contribution in [0.2, 0.25) is 0 Å². The first-order valence-corrected chi connectivity index (χ1v) is 8.40. The van der Waals surface area contributed by atoms with E-state index in [-0.39, 0.29) is 5.91 Å². The third-order valence-corrected chi connectivity index (χ3v) is 3.98. The van der Waals surface area contributed by atoms with Crippen LogP contribution >= 0.6 is 0 Å². The lowest BCUT2D eigenvalue weighted by Gasteiger charge is -2.07. The van der Waals surface area contributed by atoms with Crippen molar-refractivity contribution < 1.29 is 4.79 Å². The molecule has 122 valence electrons. The maximum Gasteiger partial charge on any atom is 0.220 e. The van der Waals surface area contributed by atoms with Crippen molar-refractivity contribution in [2.75, 3.05) is 12.3 Å². The smallest absolute Gasteiger partial charge is 0.220 e. The van der Waals surface area contributed by atoms with E-state index >= 15 is 0 Å². The van der Waals surface area contributed by atoms with Crippen LogP contribution in [0.4, 0.5) is 5.69 Å². The molecular weight excluding hydrogens is 284 g/mol. The van der Waals surface area contributed by atoms with Crippen LogP contribution in [0.3, 0.4) is 0 Å². The fourth-order valence-corrected chi connectivity index (χ4v) is 2.60. The molecule has 0 bridgehead atoms. The van der Waals surface area contributed by atoms with Crippen molar-refractivity contribution in [1.82, 2.24) is 5.32 Å². The monoisotopic (exact) mass is 310 g/mol. The summed E-state index contributed by atoms with van der Waals surface area (Å²) in [6, 6.07) is 18.2. The summed E-state index contributed by atoms with van der Waals surface area (Å²) in [4.78, 5) is 11.8. The van der Waals surface area contributed by atoms with Gasteiger partial charge in [-0.2, -0.15) is 0 Å². The van der Waals surface area contributed by atoms with Gasteiger partial charge in [-0.15, -0.1) is 0 Å². The number of nitrogen functional groups attached to an aromatic ring is 1. The quantitative estimate of drug-likeness (QED) is 0.548. The van der Waals surface area contributed by atoms with Crippen LogP contribution in [0, 0.1) is 0 Å². The van der Waals surface area contributed by atoms with Gasteiger partial charge >= 0.3 is 0 Å². The number of carbonyl (C=O) groups is 1. The topological polar surface area (TPSA) is 55.1 Å². The minimum Gasteiger partial charge on any atom is -0.399 e. The van der Waals surface area contributed by atoms with Gasteiger partial charge in [0.15, 0.2) is 0 Å². The molecule has 0 heterocycles. The second kappa shape index (κ2) is 9.67. The highest BCUT2D eigenvalue weighted by Gasteiger charge is 2.03. The number of hydrogen-bond donors (Lipinski definition) is 2. The van der Waals surface area contributed by atoms with Crippen molar-refractivity contribution in [1.29, 1.82) is 0 Å². The molecule has 0 saturated heterocycles. The van der Waals surface area contributed by atoms with Crippen molar-refractivity contribution in [2.24, 2.45) is 0 Å². The third kappa shape index (κ3) is 6.55. The number of anilines is 1. The number of carbonyl (C=O) groups excluding carboxylic acids is 1. The Labute approximate surface area is 138 Å². The molecule has 3 N–H and O–H groups in total. The SMILES string of the molecule is Nc1ccccc1CCC(=O)NCCCCCc1ccccc1. The van der Waals surface area contributed by atoms with Crippen molar-refractivity contribution in [3.05, 3.63) is 65.7 Å². The lowest BCUT2D eigenvalue weighted by Crippen LogP contribution is -2.24. The molecule has 0 aliphatic heterocycles. The van der Waals surface area contributed by atoms with E-state index in [1.807, 2.05) is 30.3 Å². The van der Waals surface area contributed by atoms with Crippen molar-refractivity contribution >= 4 is 11.6 Å². The highest BCUT2D eigenvalue weighted by molar-refractivity contribution is 5.76. The first-order chi connectivity index (χ1) is 11.3. The molecule has 0 atom stereocenters. The number of para-hydroxylation sites is 1. The Balaban J connectivity index is 1.52. The lowest BCUT2D eigenvalue weighted by molar-refractivity contribution is -0.121. The van der Waals surface area contributed by atoms with E-state index < -0.39 is 0 Å². The predicted molar refractivity (Wildman–Crippen MR) is 96.2 cm³/mol. The number of rotatable bonds is 9. The van der Waals surface area contributed by atoms with Gasteiger partial charge in [-0.1, -0.05) is 55.0 Å². The number of nitrogens with one attached hydrogen (secondary N) is 1. The second-order valence-electron chi connectivity index (χ2n) is 5.85. The summed E-state index contributed by atoms with van der Waals surface area (Å²) in [6.45, 7) is 0.762. The van der Waals surface area contributed by atoms with E-state index in [2.05, 4.69) is 29.6 Å². The minimum absolute atomic E-state index is 0.108. The van der Waals surface area contributed by atoms with Crippen LogP contribution in [0.1, 0.15) is 36.8 Å². The van der Waals surface area contributed by atoms with Crippen LogP contribution in [0.5, 0.6) is 0 Å². The number of amides is 1. The summed E-state index contributed by atoms with van der Waals surface area (Å²) in [5, 5.41) is 2.99. The van der Waals surface area contributed by atoms with Crippen LogP contribution < -0.4 is 11.1 Å². The summed E-state index contributed by atoms with van der Waals surface area (Å²) in [5.74, 6) is 0.108. The largest absolute Gasteiger partial charge is 0.399 e. The number of unbranched alkanes of at least 4 members (excludes halogenated alkanes) is 2.